The van der Waals surface area contributed by atoms with E-state index in [0.29, 0.717) is 30.6 Å². The van der Waals surface area contributed by atoms with Crippen LogP contribution in [0.25, 0.3) is 5.57 Å². The minimum atomic E-state index is -1.00. The summed E-state index contributed by atoms with van der Waals surface area (Å²) in [6, 6.07) is 51.8. The third kappa shape index (κ3) is 16.6. The number of aryl methyl sites for hydroxylation is 1. The minimum Gasteiger partial charge on any atom is -0.478 e. The maximum Gasteiger partial charge on any atom is 0.338 e. The van der Waals surface area contributed by atoms with Crippen LogP contribution in [0.4, 0.5) is 17.3 Å². The Morgan fingerprint density at radius 1 is 0.439 bits per heavy atom. The van der Waals surface area contributed by atoms with E-state index in [9.17, 15) is 29.4 Å². The van der Waals surface area contributed by atoms with Crippen LogP contribution in [0.5, 0.6) is 0 Å². The molecule has 16 rings (SSSR count). The van der Waals surface area contributed by atoms with Gasteiger partial charge in [0.25, 0.3) is 0 Å². The molecule has 2 fully saturated rings. The first-order valence-electron chi connectivity index (χ1n) is 40.3. The van der Waals surface area contributed by atoms with Crippen LogP contribution in [0.15, 0.2) is 191 Å². The topological polar surface area (TPSA) is 209 Å². The fraction of sp³-hybridized carbons (Fsp3) is 0.404. The summed E-state index contributed by atoms with van der Waals surface area (Å²) in [6.07, 6.45) is 14.6. The van der Waals surface area contributed by atoms with Gasteiger partial charge in [-0.3, -0.25) is 0 Å². The van der Waals surface area contributed by atoms with Gasteiger partial charge in [0.1, 0.15) is 0 Å². The Hall–Kier alpha value is -9.80. The molecule has 1 saturated carbocycles. The lowest BCUT2D eigenvalue weighted by atomic mass is 9.62. The first-order valence-corrected chi connectivity index (χ1v) is 41.2. The molecule has 1 saturated heterocycles. The molecule has 594 valence electrons. The van der Waals surface area contributed by atoms with E-state index in [2.05, 4.69) is 212 Å². The molecule has 4 N–H and O–H groups in total. The molecular weight excluding hydrogens is 1440 g/mol. The van der Waals surface area contributed by atoms with E-state index in [1.807, 2.05) is 36.4 Å². The molecule has 0 atom stereocenters. The predicted molar refractivity (Wildman–Crippen MR) is 457 cm³/mol. The summed E-state index contributed by atoms with van der Waals surface area (Å²) in [5.41, 5.74) is 24.4. The lowest BCUT2D eigenvalue weighted by molar-refractivity contribution is -0.130. The molecular formula is C99H112N4O10S. The number of aromatic carboxylic acids is 4. The number of para-hydroxylation sites is 1. The van der Waals surface area contributed by atoms with Crippen LogP contribution in [0, 0.1) is 12.8 Å². The average molecular weight is 1550 g/mol. The molecule has 9 aromatic rings. The van der Waals surface area contributed by atoms with Gasteiger partial charge in [0.05, 0.1) is 46.9 Å². The molecule has 0 unspecified atom stereocenters. The number of aliphatic imine (C=N–C) groups is 1. The van der Waals surface area contributed by atoms with E-state index in [4.69, 9.17) is 24.7 Å². The molecule has 15 heteroatoms. The monoisotopic (exact) mass is 1550 g/mol. The highest BCUT2D eigenvalue weighted by molar-refractivity contribution is 7.99. The number of hydrogen-bond acceptors (Lipinski definition) is 11. The summed E-state index contributed by atoms with van der Waals surface area (Å²) in [5, 5.41) is 36.7. The summed E-state index contributed by atoms with van der Waals surface area (Å²) in [4.78, 5) is 63.1. The fourth-order valence-corrected chi connectivity index (χ4v) is 18.6. The Labute approximate surface area is 678 Å². The molecule has 1 aromatic heterocycles. The van der Waals surface area contributed by atoms with Crippen molar-refractivity contribution in [2.45, 2.75) is 241 Å². The number of rotatable bonds is 13. The SMILES string of the molecule is C=C(c1ccc(C(=O)O)cc1)c1cc2c(cc1C)C(C)(C)CCC2(C)C.CC1(C)CCC(C)(C)c2cc(C3(c4ccc(C(=O)O)cc4)OCCO3)ccc21.CC1(C)CCC(C)(C)c2cc(N(CC3CC3)c3ncc(C(=O)O)cn3)ccc21.CC1(C)CCC(C)(C)c2cc3c(cc21)Sc1ccccc1N=C3c1ccc(C(=O)O)cc1. The molecule has 7 aliphatic rings. The Morgan fingerprint density at radius 2 is 0.842 bits per heavy atom. The van der Waals surface area contributed by atoms with Crippen LogP contribution in [0.2, 0.25) is 0 Å². The second kappa shape index (κ2) is 30.8. The van der Waals surface area contributed by atoms with E-state index in [-0.39, 0.29) is 60.0 Å². The number of aromatic nitrogens is 2. The second-order valence-electron chi connectivity index (χ2n) is 37.8. The third-order valence-electron chi connectivity index (χ3n) is 25.8. The quantitative estimate of drug-likeness (QED) is 0.0847. The Kier molecular flexibility index (Phi) is 22.2. The zero-order chi connectivity index (χ0) is 82.2. The van der Waals surface area contributed by atoms with E-state index in [0.717, 1.165) is 80.3 Å². The minimum absolute atomic E-state index is 0.0911. The largest absolute Gasteiger partial charge is 0.478 e. The standard InChI is InChI=1S/C28H27NO2S.C24H28O4.C24H28O2.C23H29N3O2/c1-27(2)13-14-28(3,4)21-16-24-19(15-20(21)27)25(17-9-11-18(12-10-17)26(30)31)29-22-7-5-6-8-23(22)32-24;1-22(2)11-12-23(3,4)20-15-18(9-10-19(20)22)24(27-13-14-28-24)17-7-5-16(6-8-17)21(25)26;1-15-13-20-21(24(5,6)12-11-23(20,3)4)14-19(15)16(2)17-7-9-18(10-8-17)22(25)26;1-22(2)9-10-23(3,4)19-11-17(7-8-18(19)22)26(14-15-5-6-15)21-24-12-16(13-25-21)20(27)28/h5-12,15-16H,13-14H2,1-4H3,(H,30,31);5-10,15H,11-14H2,1-4H3,(H,25,26);7-10,13-14H,2,11-12H2,1,3-6H3,(H,25,26);7-8,11-13,15H,5-6,9-10,14H2,1-4H3,(H,27,28). The van der Waals surface area contributed by atoms with Crippen molar-refractivity contribution in [2.75, 3.05) is 24.7 Å². The number of anilines is 2. The number of carboxylic acids is 4. The van der Waals surface area contributed by atoms with Crippen molar-refractivity contribution in [3.8, 4) is 0 Å². The van der Waals surface area contributed by atoms with Crippen LogP contribution in [0.3, 0.4) is 0 Å². The zero-order valence-electron chi connectivity index (χ0n) is 69.6. The lowest BCUT2D eigenvalue weighted by Gasteiger charge is -2.42. The van der Waals surface area contributed by atoms with Crippen molar-refractivity contribution >= 4 is 64.2 Å². The van der Waals surface area contributed by atoms with Crippen LogP contribution < -0.4 is 4.90 Å². The van der Waals surface area contributed by atoms with Gasteiger partial charge >= 0.3 is 23.9 Å². The number of nitrogens with zero attached hydrogens (tertiary/aromatic N) is 4. The lowest BCUT2D eigenvalue weighted by Crippen LogP contribution is -2.35. The van der Waals surface area contributed by atoms with Gasteiger partial charge in [-0.25, -0.2) is 34.1 Å². The number of hydrogen-bond donors (Lipinski definition) is 4. The van der Waals surface area contributed by atoms with Crippen LogP contribution >= 0.6 is 11.8 Å². The summed E-state index contributed by atoms with van der Waals surface area (Å²) in [5.74, 6) is -3.52. The Morgan fingerprint density at radius 3 is 1.33 bits per heavy atom. The summed E-state index contributed by atoms with van der Waals surface area (Å²) >= 11 is 1.77. The summed E-state index contributed by atoms with van der Waals surface area (Å²) < 4.78 is 12.3. The van der Waals surface area contributed by atoms with Gasteiger partial charge in [0, 0.05) is 56.7 Å². The van der Waals surface area contributed by atoms with Crippen LogP contribution in [-0.4, -0.2) is 79.7 Å². The van der Waals surface area contributed by atoms with Crippen molar-refractivity contribution in [1.29, 1.82) is 0 Å². The number of carboxylic acid groups (broad SMARTS) is 4. The molecule has 14 nitrogen and oxygen atoms in total. The van der Waals surface area contributed by atoms with Crippen LogP contribution in [-0.2, 0) is 58.6 Å². The number of ether oxygens (including phenoxy) is 2. The first kappa shape index (κ1) is 82.2. The van der Waals surface area contributed by atoms with Gasteiger partial charge in [-0.2, -0.15) is 0 Å². The average Bonchev–Trinajstić information content (AvgIpc) is 1.27. The van der Waals surface area contributed by atoms with E-state index in [1.165, 1.54) is 119 Å². The molecule has 114 heavy (non-hydrogen) atoms. The van der Waals surface area contributed by atoms with Gasteiger partial charge < -0.3 is 34.8 Å². The maximum atomic E-state index is 11.4. The number of fused-ring (bicyclic) bond motifs is 6. The van der Waals surface area contributed by atoms with Crippen molar-refractivity contribution in [3.63, 3.8) is 0 Å². The summed E-state index contributed by atoms with van der Waals surface area (Å²) in [6.45, 7) is 45.6. The number of carbonyl (C=O) groups is 4. The molecule has 2 aliphatic heterocycles. The highest BCUT2D eigenvalue weighted by Crippen LogP contribution is 2.54. The first-order chi connectivity index (χ1) is 53.5. The fourth-order valence-electron chi connectivity index (χ4n) is 17.5. The highest BCUT2D eigenvalue weighted by atomic mass is 32.2. The summed E-state index contributed by atoms with van der Waals surface area (Å²) in [7, 11) is 0. The van der Waals surface area contributed by atoms with Crippen LogP contribution in [0.1, 0.15) is 300 Å². The van der Waals surface area contributed by atoms with Gasteiger partial charge in [-0.05, 0) is 266 Å². The Bertz CT molecular complexity index is 5260. The second-order valence-corrected chi connectivity index (χ2v) is 38.9. The molecule has 8 aromatic carbocycles. The van der Waals surface area contributed by atoms with Gasteiger partial charge in [-0.15, -0.1) is 0 Å². The number of benzene rings is 8. The van der Waals surface area contributed by atoms with Crippen molar-refractivity contribution < 1.29 is 49.1 Å². The van der Waals surface area contributed by atoms with Crippen molar-refractivity contribution in [1.82, 2.24) is 9.97 Å². The molecule has 3 heterocycles. The smallest absolute Gasteiger partial charge is 0.338 e. The zero-order valence-corrected chi connectivity index (χ0v) is 70.4. The normalized spacial score (nSPS) is 19.2. The molecule has 5 aliphatic carbocycles. The Balaban J connectivity index is 0.000000133. The maximum absolute atomic E-state index is 11.4. The van der Waals surface area contributed by atoms with E-state index < -0.39 is 29.7 Å². The molecule has 0 radical (unpaired) electrons. The van der Waals surface area contributed by atoms with Crippen molar-refractivity contribution in [3.05, 3.63) is 282 Å². The third-order valence-corrected chi connectivity index (χ3v) is 26.9. The predicted octanol–water partition coefficient (Wildman–Crippen LogP) is 23.5. The van der Waals surface area contributed by atoms with Gasteiger partial charge in [-0.1, -0.05) is 208 Å². The molecule has 0 bridgehead atoms. The van der Waals surface area contributed by atoms with E-state index >= 15 is 0 Å². The van der Waals surface area contributed by atoms with Crippen molar-refractivity contribution in [2.24, 2.45) is 10.9 Å². The molecule has 0 amide bonds. The van der Waals surface area contributed by atoms with E-state index in [1.54, 1.807) is 60.3 Å². The van der Waals surface area contributed by atoms with Gasteiger partial charge in [0.2, 0.25) is 11.7 Å². The molecule has 0 spiro atoms. The highest BCUT2D eigenvalue weighted by Gasteiger charge is 2.46. The van der Waals surface area contributed by atoms with Gasteiger partial charge in [0.15, 0.2) is 0 Å².